The van der Waals surface area contributed by atoms with Crippen LogP contribution in [0.4, 0.5) is 0 Å². The second-order valence-electron chi connectivity index (χ2n) is 9.96. The standard InChI is InChI=1S/C33H34O10/c1-21(34)39-29-28(43-32(42-24(4)37)31(41-23(3)36)30(29)40-22(2)35)20-38-33(25-14-8-5-9-15-25,26-16-10-6-11-17-26)27-18-12-7-13-19-27/h5-19,28-32H,20H2,1-4H3/t28-,29?,30+,31-,32?/m1/s1. The van der Waals surface area contributed by atoms with E-state index in [1.807, 2.05) is 91.0 Å². The highest BCUT2D eigenvalue weighted by Gasteiger charge is 2.54. The van der Waals surface area contributed by atoms with E-state index in [-0.39, 0.29) is 6.61 Å². The van der Waals surface area contributed by atoms with Crippen molar-refractivity contribution in [2.75, 3.05) is 6.61 Å². The van der Waals surface area contributed by atoms with Crippen molar-refractivity contribution in [3.05, 3.63) is 108 Å². The Kier molecular flexibility index (Phi) is 10.3. The van der Waals surface area contributed by atoms with Gasteiger partial charge >= 0.3 is 23.9 Å². The predicted octanol–water partition coefficient (Wildman–Crippen LogP) is 4.08. The first-order valence-corrected chi connectivity index (χ1v) is 13.8. The highest BCUT2D eigenvalue weighted by atomic mass is 16.7. The van der Waals surface area contributed by atoms with Gasteiger partial charge < -0.3 is 28.4 Å². The minimum Gasteiger partial charge on any atom is -0.456 e. The summed E-state index contributed by atoms with van der Waals surface area (Å²) in [5.41, 5.74) is 1.24. The molecule has 10 nitrogen and oxygen atoms in total. The van der Waals surface area contributed by atoms with Crippen LogP contribution in [0.3, 0.4) is 0 Å². The van der Waals surface area contributed by atoms with Crippen LogP contribution >= 0.6 is 0 Å². The van der Waals surface area contributed by atoms with E-state index < -0.39 is 60.2 Å². The van der Waals surface area contributed by atoms with E-state index in [9.17, 15) is 19.2 Å². The molecule has 10 heteroatoms. The highest BCUT2D eigenvalue weighted by molar-refractivity contribution is 5.69. The predicted molar refractivity (Wildman–Crippen MR) is 152 cm³/mol. The fourth-order valence-corrected chi connectivity index (χ4v) is 5.22. The molecule has 0 amide bonds. The van der Waals surface area contributed by atoms with Crippen LogP contribution in [0.15, 0.2) is 91.0 Å². The zero-order chi connectivity index (χ0) is 31.0. The molecule has 0 radical (unpaired) electrons. The number of ether oxygens (including phenoxy) is 6. The van der Waals surface area contributed by atoms with Gasteiger partial charge in [0.2, 0.25) is 12.4 Å². The van der Waals surface area contributed by atoms with Gasteiger partial charge in [0.25, 0.3) is 0 Å². The minimum absolute atomic E-state index is 0.237. The number of benzene rings is 3. The summed E-state index contributed by atoms with van der Waals surface area (Å²) in [6, 6.07) is 28.7. The number of hydrogen-bond acceptors (Lipinski definition) is 10. The van der Waals surface area contributed by atoms with Crippen molar-refractivity contribution in [2.45, 2.75) is 64.0 Å². The van der Waals surface area contributed by atoms with Crippen molar-refractivity contribution in [1.82, 2.24) is 0 Å². The summed E-state index contributed by atoms with van der Waals surface area (Å²) >= 11 is 0. The van der Waals surface area contributed by atoms with Gasteiger partial charge in [0.05, 0.1) is 6.61 Å². The zero-order valence-corrected chi connectivity index (χ0v) is 24.3. The Hall–Kier alpha value is -4.54. The van der Waals surface area contributed by atoms with E-state index in [1.54, 1.807) is 0 Å². The molecule has 1 fully saturated rings. The maximum absolute atomic E-state index is 12.3. The molecule has 1 aliphatic heterocycles. The quantitative estimate of drug-likeness (QED) is 0.194. The van der Waals surface area contributed by atoms with E-state index in [0.717, 1.165) is 37.5 Å². The molecule has 0 N–H and O–H groups in total. The van der Waals surface area contributed by atoms with Gasteiger partial charge in [0.15, 0.2) is 12.2 Å². The Balaban J connectivity index is 1.83. The lowest BCUT2D eigenvalue weighted by Gasteiger charge is -2.45. The van der Waals surface area contributed by atoms with Gasteiger partial charge in [0, 0.05) is 27.7 Å². The van der Waals surface area contributed by atoms with Crippen LogP contribution in [0.1, 0.15) is 44.4 Å². The number of hydrogen-bond donors (Lipinski definition) is 0. The topological polar surface area (TPSA) is 124 Å². The van der Waals surface area contributed by atoms with E-state index in [1.165, 1.54) is 6.92 Å². The number of rotatable bonds is 10. The first-order chi connectivity index (χ1) is 20.6. The zero-order valence-electron chi connectivity index (χ0n) is 24.3. The fourth-order valence-electron chi connectivity index (χ4n) is 5.22. The summed E-state index contributed by atoms with van der Waals surface area (Å²) in [5.74, 6) is -2.93. The Morgan fingerprint density at radius 1 is 0.558 bits per heavy atom. The van der Waals surface area contributed by atoms with Crippen molar-refractivity contribution in [3.8, 4) is 0 Å². The summed E-state index contributed by atoms with van der Waals surface area (Å²) in [4.78, 5) is 48.6. The molecular weight excluding hydrogens is 556 g/mol. The van der Waals surface area contributed by atoms with Crippen LogP contribution in [-0.4, -0.2) is 61.2 Å². The lowest BCUT2D eigenvalue weighted by atomic mass is 9.80. The monoisotopic (exact) mass is 590 g/mol. The van der Waals surface area contributed by atoms with Crippen LogP contribution < -0.4 is 0 Å². The minimum atomic E-state index is -1.49. The largest absolute Gasteiger partial charge is 0.456 e. The highest BCUT2D eigenvalue weighted by Crippen LogP contribution is 2.41. The molecule has 43 heavy (non-hydrogen) atoms. The molecule has 2 unspecified atom stereocenters. The van der Waals surface area contributed by atoms with Crippen molar-refractivity contribution >= 4 is 23.9 Å². The van der Waals surface area contributed by atoms with Crippen LogP contribution in [0.25, 0.3) is 0 Å². The van der Waals surface area contributed by atoms with Crippen LogP contribution in [0.2, 0.25) is 0 Å². The van der Waals surface area contributed by atoms with Gasteiger partial charge in [-0.25, -0.2) is 0 Å². The summed E-state index contributed by atoms with van der Waals surface area (Å²) in [7, 11) is 0. The molecule has 3 aromatic carbocycles. The van der Waals surface area contributed by atoms with Crippen molar-refractivity contribution in [1.29, 1.82) is 0 Å². The molecule has 0 aliphatic carbocycles. The van der Waals surface area contributed by atoms with Gasteiger partial charge in [-0.05, 0) is 16.7 Å². The first-order valence-electron chi connectivity index (χ1n) is 13.8. The van der Waals surface area contributed by atoms with Crippen LogP contribution in [0.5, 0.6) is 0 Å². The summed E-state index contributed by atoms with van der Waals surface area (Å²) < 4.78 is 34.9. The maximum Gasteiger partial charge on any atom is 0.305 e. The third-order valence-corrected chi connectivity index (χ3v) is 6.78. The average Bonchev–Trinajstić information content (AvgIpc) is 2.97. The number of carbonyl (C=O) groups excluding carboxylic acids is 4. The SMILES string of the molecule is CC(=O)OC1O[C@H](COC(c2ccccc2)(c2ccccc2)c2ccccc2)C(OC(C)=O)[C@H](OC(C)=O)[C@H]1OC(C)=O. The second kappa shape index (κ2) is 14.1. The molecule has 1 heterocycles. The molecule has 0 bridgehead atoms. The molecular formula is C33H34O10. The molecule has 226 valence electrons. The Bertz CT molecular complexity index is 1300. The van der Waals surface area contributed by atoms with Crippen molar-refractivity contribution in [2.24, 2.45) is 0 Å². The van der Waals surface area contributed by atoms with Gasteiger partial charge in [-0.15, -0.1) is 0 Å². The van der Waals surface area contributed by atoms with Gasteiger partial charge in [0.1, 0.15) is 11.7 Å². The van der Waals surface area contributed by atoms with Crippen molar-refractivity contribution in [3.63, 3.8) is 0 Å². The molecule has 1 aliphatic rings. The first kappa shape index (κ1) is 31.4. The van der Waals surface area contributed by atoms with Crippen molar-refractivity contribution < 1.29 is 47.6 Å². The normalized spacial score (nSPS) is 21.7. The Morgan fingerprint density at radius 3 is 1.33 bits per heavy atom. The van der Waals surface area contributed by atoms with Gasteiger partial charge in [-0.3, -0.25) is 19.2 Å². The van der Waals surface area contributed by atoms with E-state index in [0.29, 0.717) is 0 Å². The van der Waals surface area contributed by atoms with Gasteiger partial charge in [-0.1, -0.05) is 91.0 Å². The molecule has 1 saturated heterocycles. The molecule has 0 saturated carbocycles. The maximum atomic E-state index is 12.3. The van der Waals surface area contributed by atoms with Crippen LogP contribution in [-0.2, 0) is 53.2 Å². The Morgan fingerprint density at radius 2 is 0.930 bits per heavy atom. The average molecular weight is 591 g/mol. The van der Waals surface area contributed by atoms with E-state index >= 15 is 0 Å². The summed E-state index contributed by atoms with van der Waals surface area (Å²) in [6.45, 7) is 4.40. The summed E-state index contributed by atoms with van der Waals surface area (Å²) in [5, 5.41) is 0. The van der Waals surface area contributed by atoms with Gasteiger partial charge in [-0.2, -0.15) is 0 Å². The fraction of sp³-hybridized carbons (Fsp3) is 0.333. The van der Waals surface area contributed by atoms with Crippen LogP contribution in [0, 0.1) is 0 Å². The lowest BCUT2D eigenvalue weighted by Crippen LogP contribution is -2.63. The molecule has 0 spiro atoms. The summed E-state index contributed by atoms with van der Waals surface area (Å²) in [6.07, 6.45) is -6.73. The van der Waals surface area contributed by atoms with E-state index in [4.69, 9.17) is 28.4 Å². The molecule has 5 atom stereocenters. The molecule has 4 rings (SSSR count). The molecule has 3 aromatic rings. The number of esters is 4. The third-order valence-electron chi connectivity index (χ3n) is 6.78. The van der Waals surface area contributed by atoms with E-state index in [2.05, 4.69) is 0 Å². The Labute approximate surface area is 249 Å². The second-order valence-corrected chi connectivity index (χ2v) is 9.96. The lowest BCUT2D eigenvalue weighted by molar-refractivity contribution is -0.303. The number of carbonyl (C=O) groups is 4. The smallest absolute Gasteiger partial charge is 0.305 e. The third kappa shape index (κ3) is 7.46. The molecule has 0 aromatic heterocycles.